The van der Waals surface area contributed by atoms with E-state index in [0.717, 1.165) is 32.1 Å². The lowest BCUT2D eigenvalue weighted by Gasteiger charge is -2.28. The number of carboxylic acids is 1. The Balaban J connectivity index is 1.79. The van der Waals surface area contributed by atoms with Gasteiger partial charge in [-0.1, -0.05) is 30.7 Å². The Morgan fingerprint density at radius 3 is 2.70 bits per heavy atom. The Labute approximate surface area is 160 Å². The van der Waals surface area contributed by atoms with Crippen LogP contribution >= 0.6 is 0 Å². The maximum absolute atomic E-state index is 12.1. The number of unbranched alkanes of at least 4 members (excludes halogenated alkanes) is 2. The van der Waals surface area contributed by atoms with Gasteiger partial charge in [0, 0.05) is 19.9 Å². The summed E-state index contributed by atoms with van der Waals surface area (Å²) in [5.74, 6) is -1.07. The van der Waals surface area contributed by atoms with Crippen LogP contribution in [0.4, 0.5) is 0 Å². The lowest BCUT2D eigenvalue weighted by Crippen LogP contribution is -2.42. The average molecular weight is 374 g/mol. The molecule has 27 heavy (non-hydrogen) atoms. The van der Waals surface area contributed by atoms with Gasteiger partial charge in [-0.3, -0.25) is 9.59 Å². The van der Waals surface area contributed by atoms with E-state index in [-0.39, 0.29) is 17.7 Å². The van der Waals surface area contributed by atoms with Crippen LogP contribution in [0.5, 0.6) is 0 Å². The van der Waals surface area contributed by atoms with Gasteiger partial charge in [0.1, 0.15) is 6.04 Å². The van der Waals surface area contributed by atoms with Crippen LogP contribution in [0.25, 0.3) is 0 Å². The molecule has 2 atom stereocenters. The lowest BCUT2D eigenvalue weighted by atomic mass is 9.79. The maximum atomic E-state index is 12.1. The molecule has 0 aromatic heterocycles. The molecule has 1 aliphatic carbocycles. The molecule has 0 spiro atoms. The Morgan fingerprint density at radius 1 is 1.19 bits per heavy atom. The predicted molar refractivity (Wildman–Crippen MR) is 103 cm³/mol. The van der Waals surface area contributed by atoms with Gasteiger partial charge in [0.2, 0.25) is 11.8 Å². The van der Waals surface area contributed by atoms with Gasteiger partial charge in [0.05, 0.1) is 0 Å². The van der Waals surface area contributed by atoms with Gasteiger partial charge >= 0.3 is 5.97 Å². The van der Waals surface area contributed by atoms with Crippen LogP contribution in [0.1, 0.15) is 68.9 Å². The highest BCUT2D eigenvalue weighted by atomic mass is 16.4. The summed E-state index contributed by atoms with van der Waals surface area (Å²) in [6, 6.07) is 7.34. The Kier molecular flexibility index (Phi) is 8.30. The summed E-state index contributed by atoms with van der Waals surface area (Å²) in [4.78, 5) is 34.6. The molecule has 6 heteroatoms. The van der Waals surface area contributed by atoms with E-state index in [9.17, 15) is 19.5 Å². The summed E-state index contributed by atoms with van der Waals surface area (Å²) in [5.41, 5.74) is 2.52. The fraction of sp³-hybridized carbons (Fsp3) is 0.571. The summed E-state index contributed by atoms with van der Waals surface area (Å²) >= 11 is 0. The summed E-state index contributed by atoms with van der Waals surface area (Å²) in [7, 11) is 0. The molecule has 3 N–H and O–H groups in total. The van der Waals surface area contributed by atoms with Crippen molar-refractivity contribution in [3.05, 3.63) is 35.4 Å². The standard InChI is InChI=1S/C21H30N2O4/c1-15(24)22-13-6-2-3-12-20(25)23-19(21(26)27)14-17-10-7-9-16-8-4-5-11-18(16)17/h4-5,8,11,17,19H,2-3,6-7,9-10,12-14H2,1H3,(H,22,24)(H,23,25)(H,26,27). The number of aryl methyl sites for hydroxylation is 1. The Bertz CT molecular complexity index is 659. The third kappa shape index (κ3) is 7.04. The highest BCUT2D eigenvalue weighted by molar-refractivity contribution is 5.83. The van der Waals surface area contributed by atoms with Gasteiger partial charge < -0.3 is 15.7 Å². The minimum Gasteiger partial charge on any atom is -0.480 e. The summed E-state index contributed by atoms with van der Waals surface area (Å²) in [5, 5.41) is 15.0. The first kappa shape index (κ1) is 20.9. The average Bonchev–Trinajstić information content (AvgIpc) is 2.64. The van der Waals surface area contributed by atoms with Crippen LogP contribution in [0.3, 0.4) is 0 Å². The second kappa shape index (κ2) is 10.7. The van der Waals surface area contributed by atoms with Gasteiger partial charge in [0.25, 0.3) is 0 Å². The van der Waals surface area contributed by atoms with E-state index in [4.69, 9.17) is 0 Å². The number of fused-ring (bicyclic) bond motifs is 1. The molecule has 1 aliphatic rings. The molecule has 0 radical (unpaired) electrons. The fourth-order valence-corrected chi connectivity index (χ4v) is 3.72. The number of carbonyl (C=O) groups excluding carboxylic acids is 2. The van der Waals surface area contributed by atoms with E-state index in [2.05, 4.69) is 22.8 Å². The monoisotopic (exact) mass is 374 g/mol. The number of carboxylic acid groups (broad SMARTS) is 1. The van der Waals surface area contributed by atoms with Gasteiger partial charge in [-0.05, 0) is 55.6 Å². The molecule has 0 heterocycles. The number of benzene rings is 1. The van der Waals surface area contributed by atoms with Gasteiger partial charge in [0.15, 0.2) is 0 Å². The Morgan fingerprint density at radius 2 is 1.96 bits per heavy atom. The number of nitrogens with one attached hydrogen (secondary N) is 2. The lowest BCUT2D eigenvalue weighted by molar-refractivity contribution is -0.142. The van der Waals surface area contributed by atoms with E-state index in [0.29, 0.717) is 25.8 Å². The molecule has 0 bridgehead atoms. The van der Waals surface area contributed by atoms with Crippen molar-refractivity contribution in [2.45, 2.75) is 70.3 Å². The second-order valence-electron chi connectivity index (χ2n) is 7.28. The number of rotatable bonds is 10. The largest absolute Gasteiger partial charge is 0.480 e. The van der Waals surface area contributed by atoms with Crippen LogP contribution in [0.15, 0.2) is 24.3 Å². The molecule has 6 nitrogen and oxygen atoms in total. The van der Waals surface area contributed by atoms with Crippen molar-refractivity contribution in [2.24, 2.45) is 0 Å². The van der Waals surface area contributed by atoms with E-state index in [1.807, 2.05) is 12.1 Å². The van der Waals surface area contributed by atoms with Crippen molar-refractivity contribution >= 4 is 17.8 Å². The van der Waals surface area contributed by atoms with E-state index in [1.165, 1.54) is 18.1 Å². The smallest absolute Gasteiger partial charge is 0.326 e. The first-order valence-electron chi connectivity index (χ1n) is 9.81. The molecule has 0 saturated heterocycles. The molecular weight excluding hydrogens is 344 g/mol. The van der Waals surface area contributed by atoms with E-state index < -0.39 is 12.0 Å². The predicted octanol–water partition coefficient (Wildman–Crippen LogP) is 2.76. The van der Waals surface area contributed by atoms with Gasteiger partial charge in [-0.15, -0.1) is 0 Å². The topological polar surface area (TPSA) is 95.5 Å². The molecule has 0 aliphatic heterocycles. The first-order valence-corrected chi connectivity index (χ1v) is 9.81. The van der Waals surface area contributed by atoms with Crippen molar-refractivity contribution in [1.82, 2.24) is 10.6 Å². The van der Waals surface area contributed by atoms with Crippen LogP contribution in [-0.2, 0) is 20.8 Å². The van der Waals surface area contributed by atoms with Crippen molar-refractivity contribution in [3.8, 4) is 0 Å². The first-order chi connectivity index (χ1) is 13.0. The number of aliphatic carboxylic acids is 1. The molecule has 2 unspecified atom stereocenters. The van der Waals surface area contributed by atoms with E-state index >= 15 is 0 Å². The molecule has 2 amide bonds. The highest BCUT2D eigenvalue weighted by Gasteiger charge is 2.27. The second-order valence-corrected chi connectivity index (χ2v) is 7.28. The quantitative estimate of drug-likeness (QED) is 0.549. The van der Waals surface area contributed by atoms with Crippen molar-refractivity contribution < 1.29 is 19.5 Å². The fourth-order valence-electron chi connectivity index (χ4n) is 3.72. The molecule has 0 saturated carbocycles. The zero-order valence-corrected chi connectivity index (χ0v) is 16.0. The number of hydrogen-bond donors (Lipinski definition) is 3. The molecule has 2 rings (SSSR count). The van der Waals surface area contributed by atoms with Crippen molar-refractivity contribution in [1.29, 1.82) is 0 Å². The zero-order valence-electron chi connectivity index (χ0n) is 16.0. The molecule has 1 aromatic rings. The third-order valence-electron chi connectivity index (χ3n) is 5.10. The van der Waals surface area contributed by atoms with E-state index in [1.54, 1.807) is 0 Å². The molecule has 0 fully saturated rings. The Hall–Kier alpha value is -2.37. The maximum Gasteiger partial charge on any atom is 0.326 e. The number of hydrogen-bond acceptors (Lipinski definition) is 3. The zero-order chi connectivity index (χ0) is 19.6. The molecule has 148 valence electrons. The molecular formula is C21H30N2O4. The third-order valence-corrected chi connectivity index (χ3v) is 5.10. The normalized spacial score (nSPS) is 16.9. The summed E-state index contributed by atoms with van der Waals surface area (Å²) < 4.78 is 0. The van der Waals surface area contributed by atoms with Crippen LogP contribution in [-0.4, -0.2) is 35.5 Å². The van der Waals surface area contributed by atoms with Crippen molar-refractivity contribution in [3.63, 3.8) is 0 Å². The van der Waals surface area contributed by atoms with Crippen LogP contribution < -0.4 is 10.6 Å². The summed E-state index contributed by atoms with van der Waals surface area (Å²) in [6.45, 7) is 2.08. The van der Waals surface area contributed by atoms with Crippen LogP contribution in [0, 0.1) is 0 Å². The number of carbonyl (C=O) groups is 3. The van der Waals surface area contributed by atoms with Gasteiger partial charge in [-0.25, -0.2) is 4.79 Å². The molecule has 1 aromatic carbocycles. The van der Waals surface area contributed by atoms with Crippen molar-refractivity contribution in [2.75, 3.05) is 6.54 Å². The highest BCUT2D eigenvalue weighted by Crippen LogP contribution is 2.34. The number of amides is 2. The van der Waals surface area contributed by atoms with Crippen LogP contribution in [0.2, 0.25) is 0 Å². The summed E-state index contributed by atoms with van der Waals surface area (Å²) in [6.07, 6.45) is 6.11. The SMILES string of the molecule is CC(=O)NCCCCCC(=O)NC(CC1CCCc2ccccc21)C(=O)O. The minimum atomic E-state index is -0.975. The minimum absolute atomic E-state index is 0.0543. The van der Waals surface area contributed by atoms with Gasteiger partial charge in [-0.2, -0.15) is 0 Å².